The summed E-state index contributed by atoms with van der Waals surface area (Å²) >= 11 is 0. The summed E-state index contributed by atoms with van der Waals surface area (Å²) in [6.07, 6.45) is 6.71. The molecule has 2 amide bonds. The van der Waals surface area contributed by atoms with E-state index in [1.807, 2.05) is 18.2 Å². The summed E-state index contributed by atoms with van der Waals surface area (Å²) in [4.78, 5) is 27.0. The van der Waals surface area contributed by atoms with E-state index in [2.05, 4.69) is 15.5 Å². The summed E-state index contributed by atoms with van der Waals surface area (Å²) in [6.45, 7) is 2.26. The third-order valence-corrected chi connectivity index (χ3v) is 5.51. The van der Waals surface area contributed by atoms with Crippen molar-refractivity contribution < 1.29 is 9.59 Å². The highest BCUT2D eigenvalue weighted by Crippen LogP contribution is 2.30. The minimum Gasteiger partial charge on any atom is -0.348 e. The highest BCUT2D eigenvalue weighted by atomic mass is 16.2. The molecule has 3 fully saturated rings. The van der Waals surface area contributed by atoms with Gasteiger partial charge in [-0.15, -0.1) is 0 Å². The van der Waals surface area contributed by atoms with Gasteiger partial charge >= 0.3 is 0 Å². The Bertz CT molecular complexity index is 641. The second-order valence-electron chi connectivity index (χ2n) is 7.31. The van der Waals surface area contributed by atoms with Crippen LogP contribution in [0.2, 0.25) is 0 Å². The number of amides is 2. The van der Waals surface area contributed by atoms with Crippen molar-refractivity contribution in [2.75, 3.05) is 18.4 Å². The summed E-state index contributed by atoms with van der Waals surface area (Å²) in [6, 6.07) is 8.02. The number of carbonyl (C=O) groups excluding carboxylic acids is 2. The van der Waals surface area contributed by atoms with Crippen LogP contribution in [0.25, 0.3) is 0 Å². The van der Waals surface area contributed by atoms with E-state index in [1.165, 1.54) is 25.8 Å². The van der Waals surface area contributed by atoms with Gasteiger partial charge in [-0.1, -0.05) is 12.5 Å². The van der Waals surface area contributed by atoms with E-state index in [4.69, 9.17) is 0 Å². The molecule has 0 bridgehead atoms. The minimum absolute atomic E-state index is 0.0325. The van der Waals surface area contributed by atoms with Crippen molar-refractivity contribution in [2.24, 2.45) is 5.92 Å². The number of benzene rings is 1. The molecule has 5 heteroatoms. The molecule has 128 valence electrons. The Labute approximate surface area is 142 Å². The van der Waals surface area contributed by atoms with Gasteiger partial charge in [-0.3, -0.25) is 14.5 Å². The first-order valence-electron chi connectivity index (χ1n) is 9.16. The number of piperidine rings is 1. The number of anilines is 1. The molecule has 4 rings (SSSR count). The molecule has 0 aromatic heterocycles. The molecule has 2 atom stereocenters. The number of nitrogens with zero attached hydrogens (tertiary/aromatic N) is 1. The van der Waals surface area contributed by atoms with Crippen LogP contribution in [-0.2, 0) is 4.79 Å². The molecule has 0 spiro atoms. The third-order valence-electron chi connectivity index (χ3n) is 5.51. The average molecular weight is 327 g/mol. The fraction of sp³-hybridized carbons (Fsp3) is 0.579. The van der Waals surface area contributed by atoms with Gasteiger partial charge in [-0.05, 0) is 56.8 Å². The summed E-state index contributed by atoms with van der Waals surface area (Å²) in [5, 5.41) is 6.13. The average Bonchev–Trinajstić information content (AvgIpc) is 3.38. The molecule has 0 radical (unpaired) electrons. The van der Waals surface area contributed by atoms with E-state index in [-0.39, 0.29) is 23.8 Å². The first kappa shape index (κ1) is 15.6. The standard InChI is InChI=1S/C19H25N3O2/c23-18(13-7-8-13)20-15-5-3-4-14(12-15)19(24)21-16-9-11-22-10-2-1-6-17(16)22/h3-5,12-13,16-17H,1-2,6-11H2,(H,20,23)(H,21,24). The molecular weight excluding hydrogens is 302 g/mol. The summed E-state index contributed by atoms with van der Waals surface area (Å²) in [5.74, 6) is 0.203. The Hall–Kier alpha value is -1.88. The van der Waals surface area contributed by atoms with E-state index in [9.17, 15) is 9.59 Å². The Kier molecular flexibility index (Phi) is 4.27. The van der Waals surface area contributed by atoms with E-state index in [0.717, 1.165) is 25.8 Å². The fourth-order valence-electron chi connectivity index (χ4n) is 4.00. The Morgan fingerprint density at radius 3 is 2.75 bits per heavy atom. The number of hydrogen-bond donors (Lipinski definition) is 2. The van der Waals surface area contributed by atoms with Crippen LogP contribution in [0.1, 0.15) is 48.9 Å². The molecule has 2 unspecified atom stereocenters. The predicted octanol–water partition coefficient (Wildman–Crippen LogP) is 2.39. The van der Waals surface area contributed by atoms with Crippen molar-refractivity contribution in [2.45, 2.75) is 50.6 Å². The Balaban J connectivity index is 1.39. The van der Waals surface area contributed by atoms with Gasteiger partial charge in [0.25, 0.3) is 5.91 Å². The number of carbonyl (C=O) groups is 2. The van der Waals surface area contributed by atoms with Crippen LogP contribution in [0, 0.1) is 5.92 Å². The highest BCUT2D eigenvalue weighted by molar-refractivity contribution is 5.98. The summed E-state index contributed by atoms with van der Waals surface area (Å²) in [5.41, 5.74) is 1.34. The zero-order valence-corrected chi connectivity index (χ0v) is 14.0. The first-order chi connectivity index (χ1) is 11.7. The molecule has 5 nitrogen and oxygen atoms in total. The van der Waals surface area contributed by atoms with E-state index >= 15 is 0 Å². The normalized spacial score (nSPS) is 26.7. The highest BCUT2D eigenvalue weighted by Gasteiger charge is 2.36. The van der Waals surface area contributed by atoms with Gasteiger partial charge in [0.2, 0.25) is 5.91 Å². The molecule has 1 aromatic carbocycles. The molecule has 24 heavy (non-hydrogen) atoms. The van der Waals surface area contributed by atoms with Crippen LogP contribution >= 0.6 is 0 Å². The van der Waals surface area contributed by atoms with Crippen molar-refractivity contribution in [3.8, 4) is 0 Å². The van der Waals surface area contributed by atoms with Crippen LogP contribution in [0.5, 0.6) is 0 Å². The SMILES string of the molecule is O=C(NC1CCN2CCCCC12)c1cccc(NC(=O)C2CC2)c1. The monoisotopic (exact) mass is 327 g/mol. The first-order valence-corrected chi connectivity index (χ1v) is 9.16. The molecule has 2 N–H and O–H groups in total. The quantitative estimate of drug-likeness (QED) is 0.893. The minimum atomic E-state index is -0.0325. The number of fused-ring (bicyclic) bond motifs is 1. The van der Waals surface area contributed by atoms with Gasteiger partial charge in [0.1, 0.15) is 0 Å². The Morgan fingerprint density at radius 1 is 1.04 bits per heavy atom. The zero-order chi connectivity index (χ0) is 16.5. The maximum Gasteiger partial charge on any atom is 0.251 e. The lowest BCUT2D eigenvalue weighted by Crippen LogP contribution is -2.46. The van der Waals surface area contributed by atoms with Gasteiger partial charge in [-0.25, -0.2) is 0 Å². The molecule has 2 heterocycles. The molecular formula is C19H25N3O2. The number of nitrogens with one attached hydrogen (secondary N) is 2. The topological polar surface area (TPSA) is 61.4 Å². The molecule has 2 saturated heterocycles. The van der Waals surface area contributed by atoms with Crippen molar-refractivity contribution in [3.05, 3.63) is 29.8 Å². The van der Waals surface area contributed by atoms with Crippen molar-refractivity contribution >= 4 is 17.5 Å². The van der Waals surface area contributed by atoms with Gasteiger partial charge < -0.3 is 10.6 Å². The largest absolute Gasteiger partial charge is 0.348 e. The number of rotatable bonds is 4. The maximum absolute atomic E-state index is 12.6. The molecule has 3 aliphatic rings. The van der Waals surface area contributed by atoms with Crippen molar-refractivity contribution in [1.29, 1.82) is 0 Å². The van der Waals surface area contributed by atoms with Gasteiger partial charge in [0.05, 0.1) is 0 Å². The van der Waals surface area contributed by atoms with Crippen molar-refractivity contribution in [1.82, 2.24) is 10.2 Å². The second-order valence-corrected chi connectivity index (χ2v) is 7.31. The van der Waals surface area contributed by atoms with Crippen LogP contribution in [0.15, 0.2) is 24.3 Å². The molecule has 1 saturated carbocycles. The second kappa shape index (κ2) is 6.55. The lowest BCUT2D eigenvalue weighted by Gasteiger charge is -2.32. The van der Waals surface area contributed by atoms with Gasteiger partial charge in [0.15, 0.2) is 0 Å². The molecule has 1 aliphatic carbocycles. The third kappa shape index (κ3) is 3.31. The zero-order valence-electron chi connectivity index (χ0n) is 14.0. The van der Waals surface area contributed by atoms with Gasteiger partial charge in [0, 0.05) is 35.8 Å². The molecule has 1 aromatic rings. The smallest absolute Gasteiger partial charge is 0.251 e. The fourth-order valence-corrected chi connectivity index (χ4v) is 4.00. The maximum atomic E-state index is 12.6. The van der Waals surface area contributed by atoms with E-state index in [0.29, 0.717) is 17.3 Å². The van der Waals surface area contributed by atoms with Crippen LogP contribution in [0.4, 0.5) is 5.69 Å². The van der Waals surface area contributed by atoms with Crippen LogP contribution in [0.3, 0.4) is 0 Å². The number of hydrogen-bond acceptors (Lipinski definition) is 3. The van der Waals surface area contributed by atoms with Gasteiger partial charge in [-0.2, -0.15) is 0 Å². The van der Waals surface area contributed by atoms with E-state index in [1.54, 1.807) is 6.07 Å². The summed E-state index contributed by atoms with van der Waals surface area (Å²) < 4.78 is 0. The van der Waals surface area contributed by atoms with Crippen LogP contribution < -0.4 is 10.6 Å². The Morgan fingerprint density at radius 2 is 1.92 bits per heavy atom. The van der Waals surface area contributed by atoms with Crippen LogP contribution in [-0.4, -0.2) is 41.9 Å². The lowest BCUT2D eigenvalue weighted by molar-refractivity contribution is -0.117. The molecule has 2 aliphatic heterocycles. The van der Waals surface area contributed by atoms with Crippen molar-refractivity contribution in [3.63, 3.8) is 0 Å². The lowest BCUT2D eigenvalue weighted by atomic mass is 9.99. The summed E-state index contributed by atoms with van der Waals surface area (Å²) in [7, 11) is 0. The van der Waals surface area contributed by atoms with E-state index < -0.39 is 0 Å². The predicted molar refractivity (Wildman–Crippen MR) is 92.9 cm³/mol.